The number of carbonyl (C=O) groups excluding carboxylic acids is 1. The van der Waals surface area contributed by atoms with Crippen LogP contribution in [0.3, 0.4) is 0 Å². The number of rotatable bonds is 8. The van der Waals surface area contributed by atoms with Crippen molar-refractivity contribution in [2.24, 2.45) is 5.92 Å². The largest absolute Gasteiger partial charge is 0.497 e. The Kier molecular flexibility index (Phi) is 8.29. The molecule has 0 spiro atoms. The molecule has 35 heavy (non-hydrogen) atoms. The van der Waals surface area contributed by atoms with Gasteiger partial charge in [0.1, 0.15) is 11.6 Å². The first kappa shape index (κ1) is 25.5. The second kappa shape index (κ2) is 11.4. The molecular formula is C28H38FN3O3. The molecule has 1 saturated carbocycles. The summed E-state index contributed by atoms with van der Waals surface area (Å²) in [5.74, 6) is 1.03. The monoisotopic (exact) mass is 483 g/mol. The summed E-state index contributed by atoms with van der Waals surface area (Å²) in [6, 6.07) is 14.0. The summed E-state index contributed by atoms with van der Waals surface area (Å²) in [7, 11) is 1.59. The van der Waals surface area contributed by atoms with Gasteiger partial charge in [0.2, 0.25) is 0 Å². The molecule has 4 rings (SSSR count). The number of methoxy groups -OCH3 is 1. The lowest BCUT2D eigenvalue weighted by molar-refractivity contribution is -0.0544. The minimum absolute atomic E-state index is 0.168. The number of nitrogens with one attached hydrogen (secondary N) is 2. The van der Waals surface area contributed by atoms with Crippen molar-refractivity contribution < 1.29 is 19.0 Å². The Hall–Kier alpha value is -2.64. The SMILES string of the molecule is COc1cccc(NC(=O)NCC(O)(CN2CCC(c3ccc(F)cc3)CC2C)C2CCCC2)c1. The van der Waals surface area contributed by atoms with Crippen LogP contribution in [0.5, 0.6) is 5.75 Å². The van der Waals surface area contributed by atoms with Crippen molar-refractivity contribution in [3.8, 4) is 5.75 Å². The molecule has 0 aromatic heterocycles. The molecule has 6 nitrogen and oxygen atoms in total. The Morgan fingerprint density at radius 2 is 1.91 bits per heavy atom. The number of likely N-dealkylation sites (tertiary alicyclic amines) is 1. The second-order valence-corrected chi connectivity index (χ2v) is 10.2. The smallest absolute Gasteiger partial charge is 0.319 e. The number of anilines is 1. The molecule has 7 heteroatoms. The van der Waals surface area contributed by atoms with E-state index >= 15 is 0 Å². The van der Waals surface area contributed by atoms with E-state index in [9.17, 15) is 14.3 Å². The summed E-state index contributed by atoms with van der Waals surface area (Å²) < 4.78 is 18.6. The number of ether oxygens (including phenoxy) is 1. The zero-order valence-electron chi connectivity index (χ0n) is 20.8. The Morgan fingerprint density at radius 1 is 1.17 bits per heavy atom. The van der Waals surface area contributed by atoms with E-state index in [1.165, 1.54) is 17.7 Å². The minimum atomic E-state index is -0.987. The summed E-state index contributed by atoms with van der Waals surface area (Å²) in [6.07, 6.45) is 6.14. The summed E-state index contributed by atoms with van der Waals surface area (Å²) in [6.45, 7) is 3.81. The van der Waals surface area contributed by atoms with Crippen LogP contribution in [0.2, 0.25) is 0 Å². The van der Waals surface area contributed by atoms with Crippen molar-refractivity contribution in [2.45, 2.75) is 63.0 Å². The number of urea groups is 1. The van der Waals surface area contributed by atoms with Crippen LogP contribution >= 0.6 is 0 Å². The van der Waals surface area contributed by atoms with Crippen molar-refractivity contribution in [1.82, 2.24) is 10.2 Å². The van der Waals surface area contributed by atoms with Crippen molar-refractivity contribution in [3.05, 3.63) is 59.9 Å². The lowest BCUT2D eigenvalue weighted by Crippen LogP contribution is -2.57. The molecule has 0 bridgehead atoms. The van der Waals surface area contributed by atoms with Gasteiger partial charge in [-0.1, -0.05) is 31.0 Å². The highest BCUT2D eigenvalue weighted by Crippen LogP contribution is 2.37. The van der Waals surface area contributed by atoms with Gasteiger partial charge in [-0.15, -0.1) is 0 Å². The number of hydrogen-bond donors (Lipinski definition) is 3. The third kappa shape index (κ3) is 6.53. The van der Waals surface area contributed by atoms with Gasteiger partial charge >= 0.3 is 6.03 Å². The zero-order valence-corrected chi connectivity index (χ0v) is 20.8. The molecule has 2 aliphatic rings. The first-order valence-corrected chi connectivity index (χ1v) is 12.8. The lowest BCUT2D eigenvalue weighted by Gasteiger charge is -2.44. The molecule has 2 aromatic carbocycles. The minimum Gasteiger partial charge on any atom is -0.497 e. The number of hydrogen-bond acceptors (Lipinski definition) is 4. The van der Waals surface area contributed by atoms with Crippen molar-refractivity contribution in [2.75, 3.05) is 32.1 Å². The molecule has 1 saturated heterocycles. The number of piperidine rings is 1. The molecule has 2 amide bonds. The fourth-order valence-electron chi connectivity index (χ4n) is 5.75. The molecule has 2 aromatic rings. The lowest BCUT2D eigenvalue weighted by atomic mass is 9.82. The highest BCUT2D eigenvalue weighted by molar-refractivity contribution is 5.89. The summed E-state index contributed by atoms with van der Waals surface area (Å²) >= 11 is 0. The number of aliphatic hydroxyl groups is 1. The highest BCUT2D eigenvalue weighted by Gasteiger charge is 2.41. The fourth-order valence-corrected chi connectivity index (χ4v) is 5.75. The maximum Gasteiger partial charge on any atom is 0.319 e. The maximum atomic E-state index is 13.3. The van der Waals surface area contributed by atoms with Crippen molar-refractivity contribution in [1.29, 1.82) is 0 Å². The molecule has 3 atom stereocenters. The first-order chi connectivity index (χ1) is 16.9. The summed E-state index contributed by atoms with van der Waals surface area (Å²) in [5, 5.41) is 17.6. The Balaban J connectivity index is 1.37. The van der Waals surface area contributed by atoms with E-state index in [2.05, 4.69) is 22.5 Å². The van der Waals surface area contributed by atoms with Crippen LogP contribution in [0, 0.1) is 11.7 Å². The van der Waals surface area contributed by atoms with Crippen LogP contribution in [-0.4, -0.2) is 54.4 Å². The Bertz CT molecular complexity index is 980. The molecule has 1 heterocycles. The average Bonchev–Trinajstić information content (AvgIpc) is 3.41. The molecule has 1 aliphatic carbocycles. The number of carbonyl (C=O) groups is 1. The quantitative estimate of drug-likeness (QED) is 0.486. The van der Waals surface area contributed by atoms with Crippen LogP contribution in [0.4, 0.5) is 14.9 Å². The van der Waals surface area contributed by atoms with E-state index in [0.717, 1.165) is 45.1 Å². The molecule has 0 radical (unpaired) electrons. The van der Waals surface area contributed by atoms with Gasteiger partial charge in [-0.25, -0.2) is 9.18 Å². The Labute approximate surface area is 207 Å². The molecule has 2 fully saturated rings. The van der Waals surface area contributed by atoms with E-state index in [0.29, 0.717) is 23.9 Å². The highest BCUT2D eigenvalue weighted by atomic mass is 19.1. The predicted molar refractivity (Wildman–Crippen MR) is 136 cm³/mol. The topological polar surface area (TPSA) is 73.8 Å². The van der Waals surface area contributed by atoms with Crippen LogP contribution in [0.25, 0.3) is 0 Å². The third-order valence-electron chi connectivity index (χ3n) is 7.83. The van der Waals surface area contributed by atoms with E-state index in [1.54, 1.807) is 19.2 Å². The van der Waals surface area contributed by atoms with Gasteiger partial charge in [-0.05, 0) is 80.8 Å². The predicted octanol–water partition coefficient (Wildman–Crippen LogP) is 5.15. The van der Waals surface area contributed by atoms with Crippen LogP contribution in [-0.2, 0) is 0 Å². The third-order valence-corrected chi connectivity index (χ3v) is 7.83. The molecule has 3 N–H and O–H groups in total. The number of nitrogens with zero attached hydrogens (tertiary/aromatic N) is 1. The van der Waals surface area contributed by atoms with Crippen LogP contribution in [0.1, 0.15) is 56.9 Å². The van der Waals surface area contributed by atoms with Crippen molar-refractivity contribution >= 4 is 11.7 Å². The van der Waals surface area contributed by atoms with Crippen LogP contribution in [0.15, 0.2) is 48.5 Å². The van der Waals surface area contributed by atoms with Gasteiger partial charge in [0.05, 0.1) is 12.7 Å². The number of halogens is 1. The van der Waals surface area contributed by atoms with Gasteiger partial charge in [0.25, 0.3) is 0 Å². The normalized spacial score (nSPS) is 23.0. The van der Waals surface area contributed by atoms with Crippen molar-refractivity contribution in [3.63, 3.8) is 0 Å². The van der Waals surface area contributed by atoms with E-state index < -0.39 is 5.60 Å². The van der Waals surface area contributed by atoms with Gasteiger partial charge in [-0.3, -0.25) is 4.90 Å². The molecule has 3 unspecified atom stereocenters. The van der Waals surface area contributed by atoms with Gasteiger partial charge in [-0.2, -0.15) is 0 Å². The molecule has 1 aliphatic heterocycles. The van der Waals surface area contributed by atoms with E-state index in [-0.39, 0.29) is 30.4 Å². The second-order valence-electron chi connectivity index (χ2n) is 10.2. The number of amides is 2. The number of β-amino-alcohol motifs (C(OH)–C–C–N with tert-alkyl or cyclic N) is 1. The van der Waals surface area contributed by atoms with Gasteiger partial charge in [0.15, 0.2) is 0 Å². The maximum absolute atomic E-state index is 13.3. The standard InChI is InChI=1S/C28H38FN3O3/c1-20-16-22(21-10-12-24(29)13-11-21)14-15-32(20)19-28(34,23-6-3-4-7-23)18-30-27(33)31-25-8-5-9-26(17-25)35-2/h5,8-13,17,20,22-23,34H,3-4,6-7,14-16,18-19H2,1-2H3,(H2,30,31,33). The van der Waals surface area contributed by atoms with E-state index in [1.807, 2.05) is 24.3 Å². The molecular weight excluding hydrogens is 445 g/mol. The van der Waals surface area contributed by atoms with Crippen LogP contribution < -0.4 is 15.4 Å². The number of benzene rings is 2. The van der Waals surface area contributed by atoms with Gasteiger partial charge in [0, 0.05) is 30.9 Å². The first-order valence-electron chi connectivity index (χ1n) is 12.8. The summed E-state index contributed by atoms with van der Waals surface area (Å²) in [5.41, 5.74) is 0.835. The summed E-state index contributed by atoms with van der Waals surface area (Å²) in [4.78, 5) is 15.0. The fraction of sp³-hybridized carbons (Fsp3) is 0.536. The molecule has 190 valence electrons. The average molecular weight is 484 g/mol. The van der Waals surface area contributed by atoms with E-state index in [4.69, 9.17) is 4.74 Å². The van der Waals surface area contributed by atoms with Gasteiger partial charge < -0.3 is 20.5 Å². The Morgan fingerprint density at radius 3 is 2.60 bits per heavy atom. The zero-order chi connectivity index (χ0) is 24.8.